The molecule has 2 amide bonds. The molecular weight excluding hydrogens is 414 g/mol. The number of anilines is 1. The van der Waals surface area contributed by atoms with Gasteiger partial charge in [0.25, 0.3) is 0 Å². The maximum atomic E-state index is 13.0. The first-order valence-electron chi connectivity index (χ1n) is 12.0. The Morgan fingerprint density at radius 1 is 0.970 bits per heavy atom. The molecule has 1 unspecified atom stereocenters. The molecule has 7 heteroatoms. The summed E-state index contributed by atoms with van der Waals surface area (Å²) >= 11 is 0. The van der Waals surface area contributed by atoms with E-state index in [-0.39, 0.29) is 24.3 Å². The minimum atomic E-state index is -0.111. The van der Waals surface area contributed by atoms with Gasteiger partial charge in [-0.05, 0) is 25.0 Å². The fraction of sp³-hybridized carbons (Fsp3) is 0.538. The van der Waals surface area contributed by atoms with E-state index in [4.69, 9.17) is 0 Å². The molecule has 2 heterocycles. The number of aryl methyl sites for hydroxylation is 1. The highest BCUT2D eigenvalue weighted by Crippen LogP contribution is 2.20. The summed E-state index contributed by atoms with van der Waals surface area (Å²) in [5, 5.41) is 8.83. The third-order valence-electron chi connectivity index (χ3n) is 6.31. The largest absolute Gasteiger partial charge is 0.352 e. The molecule has 33 heavy (non-hydrogen) atoms. The highest BCUT2D eigenvalue weighted by molar-refractivity contribution is 5.85. The Bertz CT molecular complexity index is 919. The lowest BCUT2D eigenvalue weighted by Crippen LogP contribution is -2.52. The number of hydrogen-bond acceptors (Lipinski definition) is 5. The van der Waals surface area contributed by atoms with Crippen LogP contribution in [0.2, 0.25) is 0 Å². The summed E-state index contributed by atoms with van der Waals surface area (Å²) in [7, 11) is 0. The van der Waals surface area contributed by atoms with Crippen LogP contribution in [0.15, 0.2) is 36.4 Å². The van der Waals surface area contributed by atoms with Crippen LogP contribution in [0.4, 0.5) is 5.82 Å². The topological polar surface area (TPSA) is 69.6 Å². The summed E-state index contributed by atoms with van der Waals surface area (Å²) in [5.74, 6) is 1.16. The number of amides is 2. The van der Waals surface area contributed by atoms with Gasteiger partial charge < -0.3 is 14.7 Å². The molecule has 0 aliphatic carbocycles. The lowest BCUT2D eigenvalue weighted by atomic mass is 10.1. The summed E-state index contributed by atoms with van der Waals surface area (Å²) < 4.78 is 0. The van der Waals surface area contributed by atoms with E-state index in [1.807, 2.05) is 30.9 Å². The molecule has 1 aromatic carbocycles. The summed E-state index contributed by atoms with van der Waals surface area (Å²) in [6, 6.07) is 12.2. The third-order valence-corrected chi connectivity index (χ3v) is 6.31. The Morgan fingerprint density at radius 3 is 2.18 bits per heavy atom. The minimum Gasteiger partial charge on any atom is -0.352 e. The van der Waals surface area contributed by atoms with Crippen molar-refractivity contribution in [3.8, 4) is 11.3 Å². The molecule has 1 atom stereocenters. The fourth-order valence-corrected chi connectivity index (χ4v) is 3.92. The minimum absolute atomic E-state index is 0.0211. The number of piperazine rings is 1. The predicted molar refractivity (Wildman–Crippen MR) is 132 cm³/mol. The Morgan fingerprint density at radius 2 is 1.64 bits per heavy atom. The molecule has 2 aromatic rings. The van der Waals surface area contributed by atoms with Crippen LogP contribution in [-0.2, 0) is 9.59 Å². The molecule has 0 bridgehead atoms. The van der Waals surface area contributed by atoms with Crippen molar-refractivity contribution in [3.05, 3.63) is 42.0 Å². The van der Waals surface area contributed by atoms with Gasteiger partial charge in [0.05, 0.1) is 12.2 Å². The van der Waals surface area contributed by atoms with Crippen molar-refractivity contribution in [1.82, 2.24) is 20.0 Å². The SMILES string of the molecule is CCC(C)CN(CC(=O)N1CCN(c2ccc(-c3ccc(C)cc3)nn2)CC1)C(=O)C(C)C. The van der Waals surface area contributed by atoms with E-state index < -0.39 is 0 Å². The Hall–Kier alpha value is -2.96. The van der Waals surface area contributed by atoms with E-state index in [1.165, 1.54) is 5.56 Å². The standard InChI is InChI=1S/C26H37N5O2/c1-6-20(4)17-31(26(33)19(2)3)18-25(32)30-15-13-29(14-16-30)24-12-11-23(27-28-24)22-9-7-21(5)8-10-22/h7-12,19-20H,6,13-18H2,1-5H3. The summed E-state index contributed by atoms with van der Waals surface area (Å²) in [4.78, 5) is 31.3. The van der Waals surface area contributed by atoms with Crippen molar-refractivity contribution in [2.45, 2.75) is 41.0 Å². The molecule has 0 spiro atoms. The van der Waals surface area contributed by atoms with Gasteiger partial charge >= 0.3 is 0 Å². The molecular formula is C26H37N5O2. The maximum absolute atomic E-state index is 13.0. The van der Waals surface area contributed by atoms with E-state index in [0.717, 1.165) is 23.5 Å². The predicted octanol–water partition coefficient (Wildman–Crippen LogP) is 3.63. The fourth-order valence-electron chi connectivity index (χ4n) is 3.92. The van der Waals surface area contributed by atoms with Crippen LogP contribution < -0.4 is 4.90 Å². The zero-order chi connectivity index (χ0) is 24.0. The molecule has 1 saturated heterocycles. The summed E-state index contributed by atoms with van der Waals surface area (Å²) in [6.07, 6.45) is 0.985. The monoisotopic (exact) mass is 451 g/mol. The van der Waals surface area contributed by atoms with E-state index in [1.54, 1.807) is 4.90 Å². The van der Waals surface area contributed by atoms with Crippen LogP contribution in [0, 0.1) is 18.8 Å². The van der Waals surface area contributed by atoms with Gasteiger partial charge in [0.15, 0.2) is 5.82 Å². The molecule has 1 aliphatic rings. The molecule has 178 valence electrons. The Kier molecular flexibility index (Phi) is 8.42. The lowest BCUT2D eigenvalue weighted by Gasteiger charge is -2.36. The van der Waals surface area contributed by atoms with Gasteiger partial charge in [0.1, 0.15) is 0 Å². The Labute approximate surface area is 197 Å². The van der Waals surface area contributed by atoms with Crippen molar-refractivity contribution in [3.63, 3.8) is 0 Å². The number of rotatable bonds is 8. The van der Waals surface area contributed by atoms with Crippen molar-refractivity contribution in [2.75, 3.05) is 44.2 Å². The number of carbonyl (C=O) groups is 2. The van der Waals surface area contributed by atoms with E-state index >= 15 is 0 Å². The third kappa shape index (κ3) is 6.53. The van der Waals surface area contributed by atoms with Gasteiger partial charge in [0.2, 0.25) is 11.8 Å². The van der Waals surface area contributed by atoms with Crippen LogP contribution >= 0.6 is 0 Å². The number of aromatic nitrogens is 2. The van der Waals surface area contributed by atoms with Crippen LogP contribution in [0.25, 0.3) is 11.3 Å². The average molecular weight is 452 g/mol. The molecule has 1 aliphatic heterocycles. The number of carbonyl (C=O) groups excluding carboxylic acids is 2. The Balaban J connectivity index is 1.56. The van der Waals surface area contributed by atoms with Crippen molar-refractivity contribution in [2.24, 2.45) is 11.8 Å². The van der Waals surface area contributed by atoms with E-state index in [2.05, 4.69) is 60.1 Å². The zero-order valence-corrected chi connectivity index (χ0v) is 20.6. The molecule has 0 radical (unpaired) electrons. The van der Waals surface area contributed by atoms with Crippen molar-refractivity contribution < 1.29 is 9.59 Å². The normalized spacial score (nSPS) is 15.0. The van der Waals surface area contributed by atoms with Crippen LogP contribution in [0.3, 0.4) is 0 Å². The molecule has 3 rings (SSSR count). The summed E-state index contributed by atoms with van der Waals surface area (Å²) in [5.41, 5.74) is 3.11. The molecule has 0 N–H and O–H groups in total. The van der Waals surface area contributed by atoms with Crippen LogP contribution in [-0.4, -0.2) is 71.1 Å². The first kappa shape index (κ1) is 24.7. The zero-order valence-electron chi connectivity index (χ0n) is 20.6. The first-order valence-corrected chi connectivity index (χ1v) is 12.0. The molecule has 1 aromatic heterocycles. The number of hydrogen-bond donors (Lipinski definition) is 0. The second kappa shape index (κ2) is 11.3. The number of nitrogens with zero attached hydrogens (tertiary/aromatic N) is 5. The summed E-state index contributed by atoms with van der Waals surface area (Å²) in [6.45, 7) is 13.5. The van der Waals surface area contributed by atoms with Gasteiger partial charge in [0, 0.05) is 44.2 Å². The van der Waals surface area contributed by atoms with Gasteiger partial charge in [-0.1, -0.05) is 63.9 Å². The molecule has 0 saturated carbocycles. The second-order valence-corrected chi connectivity index (χ2v) is 9.40. The molecule has 7 nitrogen and oxygen atoms in total. The van der Waals surface area contributed by atoms with Gasteiger partial charge in [-0.15, -0.1) is 10.2 Å². The second-order valence-electron chi connectivity index (χ2n) is 9.40. The quantitative estimate of drug-likeness (QED) is 0.613. The van der Waals surface area contributed by atoms with Gasteiger partial charge in [-0.2, -0.15) is 0 Å². The van der Waals surface area contributed by atoms with E-state index in [0.29, 0.717) is 38.6 Å². The average Bonchev–Trinajstić information content (AvgIpc) is 2.83. The lowest BCUT2D eigenvalue weighted by molar-refractivity contribution is -0.143. The smallest absolute Gasteiger partial charge is 0.242 e. The van der Waals surface area contributed by atoms with Crippen molar-refractivity contribution >= 4 is 17.6 Å². The maximum Gasteiger partial charge on any atom is 0.242 e. The van der Waals surface area contributed by atoms with Gasteiger partial charge in [-0.25, -0.2) is 0 Å². The van der Waals surface area contributed by atoms with Crippen LogP contribution in [0.1, 0.15) is 39.7 Å². The molecule has 1 fully saturated rings. The number of benzene rings is 1. The van der Waals surface area contributed by atoms with Crippen LogP contribution in [0.5, 0.6) is 0 Å². The van der Waals surface area contributed by atoms with Crippen molar-refractivity contribution in [1.29, 1.82) is 0 Å². The van der Waals surface area contributed by atoms with E-state index in [9.17, 15) is 9.59 Å². The highest BCUT2D eigenvalue weighted by atomic mass is 16.2. The first-order chi connectivity index (χ1) is 15.8. The highest BCUT2D eigenvalue weighted by Gasteiger charge is 2.27. The van der Waals surface area contributed by atoms with Gasteiger partial charge in [-0.3, -0.25) is 9.59 Å².